The van der Waals surface area contributed by atoms with Gasteiger partial charge in [0.25, 0.3) is 0 Å². The molecule has 1 fully saturated rings. The summed E-state index contributed by atoms with van der Waals surface area (Å²) in [6.45, 7) is 4.09. The van der Waals surface area contributed by atoms with Gasteiger partial charge in [0, 0.05) is 24.7 Å². The van der Waals surface area contributed by atoms with Crippen molar-refractivity contribution in [2.75, 3.05) is 18.0 Å². The molecule has 0 aromatic carbocycles. The van der Waals surface area contributed by atoms with Gasteiger partial charge in [0.1, 0.15) is 5.82 Å². The molecule has 76 valence electrons. The minimum absolute atomic E-state index is 0.471. The molecule has 1 aliphatic heterocycles. The molecule has 0 atom stereocenters. The SMILES string of the molecule is Cc1nc(N2CCC2)c(Cl)cc1CCl. The van der Waals surface area contributed by atoms with E-state index in [9.17, 15) is 0 Å². The van der Waals surface area contributed by atoms with Gasteiger partial charge in [-0.25, -0.2) is 4.98 Å². The third-order valence-electron chi connectivity index (χ3n) is 2.55. The van der Waals surface area contributed by atoms with Gasteiger partial charge in [0.15, 0.2) is 0 Å². The van der Waals surface area contributed by atoms with E-state index in [1.54, 1.807) is 0 Å². The predicted octanol–water partition coefficient (Wildman–Crippen LogP) is 2.99. The third kappa shape index (κ3) is 1.69. The molecule has 0 aliphatic carbocycles. The maximum Gasteiger partial charge on any atom is 0.147 e. The minimum Gasteiger partial charge on any atom is -0.355 e. The van der Waals surface area contributed by atoms with E-state index in [1.165, 1.54) is 6.42 Å². The number of halogens is 2. The van der Waals surface area contributed by atoms with Crippen LogP contribution in [0.4, 0.5) is 5.82 Å². The Bertz CT molecular complexity index is 348. The first-order valence-electron chi connectivity index (χ1n) is 4.69. The number of aromatic nitrogens is 1. The number of pyridine rings is 1. The summed E-state index contributed by atoms with van der Waals surface area (Å²) < 4.78 is 0. The van der Waals surface area contributed by atoms with Crippen molar-refractivity contribution in [1.82, 2.24) is 4.98 Å². The van der Waals surface area contributed by atoms with Crippen molar-refractivity contribution in [3.05, 3.63) is 22.3 Å². The number of rotatable bonds is 2. The lowest BCUT2D eigenvalue weighted by atomic mass is 10.2. The average molecular weight is 231 g/mol. The van der Waals surface area contributed by atoms with Crippen LogP contribution in [-0.2, 0) is 5.88 Å². The zero-order valence-electron chi connectivity index (χ0n) is 8.06. The molecule has 0 N–H and O–H groups in total. The van der Waals surface area contributed by atoms with Gasteiger partial charge in [0.05, 0.1) is 5.02 Å². The molecule has 14 heavy (non-hydrogen) atoms. The van der Waals surface area contributed by atoms with Crippen molar-refractivity contribution in [3.63, 3.8) is 0 Å². The van der Waals surface area contributed by atoms with Gasteiger partial charge >= 0.3 is 0 Å². The van der Waals surface area contributed by atoms with Crippen molar-refractivity contribution < 1.29 is 0 Å². The summed E-state index contributed by atoms with van der Waals surface area (Å²) in [6, 6.07) is 1.92. The Morgan fingerprint density at radius 2 is 2.21 bits per heavy atom. The molecule has 0 spiro atoms. The Labute approximate surface area is 93.8 Å². The summed E-state index contributed by atoms with van der Waals surface area (Å²) in [5.74, 6) is 1.38. The zero-order chi connectivity index (χ0) is 10.1. The molecule has 1 aromatic rings. The summed E-state index contributed by atoms with van der Waals surface area (Å²) in [4.78, 5) is 6.66. The topological polar surface area (TPSA) is 16.1 Å². The van der Waals surface area contributed by atoms with E-state index in [0.29, 0.717) is 10.9 Å². The van der Waals surface area contributed by atoms with Crippen molar-refractivity contribution in [2.45, 2.75) is 19.2 Å². The minimum atomic E-state index is 0.471. The average Bonchev–Trinajstić information content (AvgIpc) is 2.08. The molecule has 0 amide bonds. The maximum atomic E-state index is 6.12. The summed E-state index contributed by atoms with van der Waals surface area (Å²) in [5.41, 5.74) is 1.99. The maximum absolute atomic E-state index is 6.12. The van der Waals surface area contributed by atoms with Crippen LogP contribution in [-0.4, -0.2) is 18.1 Å². The van der Waals surface area contributed by atoms with Gasteiger partial charge in [-0.15, -0.1) is 11.6 Å². The highest BCUT2D eigenvalue weighted by Gasteiger charge is 2.19. The highest BCUT2D eigenvalue weighted by Crippen LogP contribution is 2.29. The van der Waals surface area contributed by atoms with Crippen LogP contribution in [0.3, 0.4) is 0 Å². The normalized spacial score (nSPS) is 15.5. The van der Waals surface area contributed by atoms with Crippen LogP contribution >= 0.6 is 23.2 Å². The first kappa shape index (κ1) is 10.1. The van der Waals surface area contributed by atoms with Gasteiger partial charge in [-0.3, -0.25) is 0 Å². The Kier molecular flexibility index (Phi) is 2.84. The predicted molar refractivity (Wildman–Crippen MR) is 60.4 cm³/mol. The standard InChI is InChI=1S/C10H12Cl2N2/c1-7-8(6-11)5-9(12)10(13-7)14-3-2-4-14/h5H,2-4,6H2,1H3. The van der Waals surface area contributed by atoms with E-state index in [0.717, 1.165) is 30.2 Å². The highest BCUT2D eigenvalue weighted by atomic mass is 35.5. The lowest BCUT2D eigenvalue weighted by molar-refractivity contribution is 0.609. The van der Waals surface area contributed by atoms with Gasteiger partial charge in [-0.05, 0) is 25.0 Å². The van der Waals surface area contributed by atoms with Gasteiger partial charge in [-0.2, -0.15) is 0 Å². The number of hydrogen-bond donors (Lipinski definition) is 0. The molecule has 1 aromatic heterocycles. The van der Waals surface area contributed by atoms with Gasteiger partial charge < -0.3 is 4.90 Å². The number of hydrogen-bond acceptors (Lipinski definition) is 2. The molecule has 0 unspecified atom stereocenters. The number of alkyl halides is 1. The van der Waals surface area contributed by atoms with Crippen molar-refractivity contribution in [1.29, 1.82) is 0 Å². The third-order valence-corrected chi connectivity index (χ3v) is 3.12. The molecular weight excluding hydrogens is 219 g/mol. The summed E-state index contributed by atoms with van der Waals surface area (Å²) in [6.07, 6.45) is 1.23. The van der Waals surface area contributed by atoms with E-state index in [2.05, 4.69) is 9.88 Å². The fourth-order valence-corrected chi connectivity index (χ4v) is 2.06. The second kappa shape index (κ2) is 3.95. The van der Waals surface area contributed by atoms with Crippen LogP contribution < -0.4 is 4.90 Å². The summed E-state index contributed by atoms with van der Waals surface area (Å²) in [7, 11) is 0. The van der Waals surface area contributed by atoms with Crippen molar-refractivity contribution in [2.24, 2.45) is 0 Å². The smallest absolute Gasteiger partial charge is 0.147 e. The lowest BCUT2D eigenvalue weighted by Gasteiger charge is -2.33. The quantitative estimate of drug-likeness (QED) is 0.727. The summed E-state index contributed by atoms with van der Waals surface area (Å²) in [5, 5.41) is 0.714. The molecule has 2 nitrogen and oxygen atoms in total. The van der Waals surface area contributed by atoms with Gasteiger partial charge in [0.2, 0.25) is 0 Å². The number of nitrogens with zero attached hydrogens (tertiary/aromatic N) is 2. The van der Waals surface area contributed by atoms with Crippen molar-refractivity contribution in [3.8, 4) is 0 Å². The monoisotopic (exact) mass is 230 g/mol. The molecule has 0 bridgehead atoms. The highest BCUT2D eigenvalue weighted by molar-refractivity contribution is 6.33. The zero-order valence-corrected chi connectivity index (χ0v) is 9.57. The first-order valence-corrected chi connectivity index (χ1v) is 5.60. The van der Waals surface area contributed by atoms with Crippen LogP contribution in [0.5, 0.6) is 0 Å². The molecule has 2 rings (SSSR count). The largest absolute Gasteiger partial charge is 0.355 e. The molecule has 2 heterocycles. The Morgan fingerprint density at radius 3 is 2.71 bits per heavy atom. The van der Waals surface area contributed by atoms with Crippen LogP contribution in [0.25, 0.3) is 0 Å². The molecule has 4 heteroatoms. The number of aryl methyl sites for hydroxylation is 1. The first-order chi connectivity index (χ1) is 6.72. The fourth-order valence-electron chi connectivity index (χ4n) is 1.49. The van der Waals surface area contributed by atoms with Gasteiger partial charge in [-0.1, -0.05) is 11.6 Å². The molecular formula is C10H12Cl2N2. The molecule has 1 saturated heterocycles. The van der Waals surface area contributed by atoms with E-state index >= 15 is 0 Å². The Hall–Kier alpha value is -0.470. The number of anilines is 1. The fraction of sp³-hybridized carbons (Fsp3) is 0.500. The molecule has 0 radical (unpaired) electrons. The molecule has 1 aliphatic rings. The second-order valence-corrected chi connectivity index (χ2v) is 4.19. The van der Waals surface area contributed by atoms with Crippen LogP contribution in [0, 0.1) is 6.92 Å². The lowest BCUT2D eigenvalue weighted by Crippen LogP contribution is -2.38. The van der Waals surface area contributed by atoms with E-state index in [-0.39, 0.29) is 0 Å². The van der Waals surface area contributed by atoms with E-state index in [1.807, 2.05) is 13.0 Å². The van der Waals surface area contributed by atoms with E-state index < -0.39 is 0 Å². The Balaban J connectivity index is 2.36. The molecule has 0 saturated carbocycles. The Morgan fingerprint density at radius 1 is 1.50 bits per heavy atom. The van der Waals surface area contributed by atoms with Crippen LogP contribution in [0.15, 0.2) is 6.07 Å². The summed E-state index contributed by atoms with van der Waals surface area (Å²) >= 11 is 11.9. The van der Waals surface area contributed by atoms with Crippen molar-refractivity contribution >= 4 is 29.0 Å². The second-order valence-electron chi connectivity index (χ2n) is 3.51. The van der Waals surface area contributed by atoms with Crippen LogP contribution in [0.2, 0.25) is 5.02 Å². The van der Waals surface area contributed by atoms with E-state index in [4.69, 9.17) is 23.2 Å². The van der Waals surface area contributed by atoms with Crippen LogP contribution in [0.1, 0.15) is 17.7 Å².